The Morgan fingerprint density at radius 1 is 1.32 bits per heavy atom. The van der Waals surface area contributed by atoms with E-state index in [0.29, 0.717) is 31.3 Å². The van der Waals surface area contributed by atoms with Crippen molar-refractivity contribution < 1.29 is 9.66 Å². The Bertz CT molecular complexity index is 530. The molecule has 122 valence electrons. The SMILES string of the molecule is C=CCNc1nc(CC(C)C)nc(OCC(C)C)c1[N+](=O)[O-]. The average molecular weight is 308 g/mol. The molecule has 0 aliphatic carbocycles. The van der Waals surface area contributed by atoms with E-state index in [1.165, 1.54) is 0 Å². The second kappa shape index (κ2) is 8.31. The molecule has 1 aromatic rings. The first-order valence-electron chi connectivity index (χ1n) is 7.38. The van der Waals surface area contributed by atoms with Gasteiger partial charge < -0.3 is 10.1 Å². The Balaban J connectivity index is 3.26. The molecular formula is C15H24N4O3. The van der Waals surface area contributed by atoms with Gasteiger partial charge in [-0.15, -0.1) is 6.58 Å². The van der Waals surface area contributed by atoms with Crippen molar-refractivity contribution in [2.24, 2.45) is 11.8 Å². The first kappa shape index (κ1) is 17.9. The molecule has 1 N–H and O–H groups in total. The van der Waals surface area contributed by atoms with E-state index in [9.17, 15) is 10.1 Å². The summed E-state index contributed by atoms with van der Waals surface area (Å²) in [6.45, 7) is 12.4. The first-order chi connectivity index (χ1) is 10.3. The van der Waals surface area contributed by atoms with Gasteiger partial charge in [0.05, 0.1) is 11.5 Å². The largest absolute Gasteiger partial charge is 0.472 e. The fourth-order valence-electron chi connectivity index (χ4n) is 1.74. The third-order valence-corrected chi connectivity index (χ3v) is 2.64. The number of rotatable bonds is 9. The van der Waals surface area contributed by atoms with E-state index >= 15 is 0 Å². The zero-order valence-electron chi connectivity index (χ0n) is 13.6. The smallest absolute Gasteiger partial charge is 0.372 e. The van der Waals surface area contributed by atoms with Crippen LogP contribution < -0.4 is 10.1 Å². The number of hydrogen-bond donors (Lipinski definition) is 1. The zero-order chi connectivity index (χ0) is 16.7. The molecule has 0 radical (unpaired) electrons. The first-order valence-corrected chi connectivity index (χ1v) is 7.38. The van der Waals surface area contributed by atoms with Gasteiger partial charge in [-0.2, -0.15) is 4.98 Å². The van der Waals surface area contributed by atoms with E-state index in [1.54, 1.807) is 6.08 Å². The van der Waals surface area contributed by atoms with Gasteiger partial charge in [-0.1, -0.05) is 33.8 Å². The highest BCUT2D eigenvalue weighted by Crippen LogP contribution is 2.32. The second-order valence-corrected chi connectivity index (χ2v) is 5.87. The van der Waals surface area contributed by atoms with Crippen molar-refractivity contribution in [2.45, 2.75) is 34.1 Å². The Hall–Kier alpha value is -2.18. The van der Waals surface area contributed by atoms with Gasteiger partial charge in [-0.3, -0.25) is 10.1 Å². The molecule has 0 saturated carbocycles. The number of ether oxygens (including phenoxy) is 1. The fraction of sp³-hybridized carbons (Fsp3) is 0.600. The Kier molecular flexibility index (Phi) is 6.75. The lowest BCUT2D eigenvalue weighted by Crippen LogP contribution is -2.14. The number of nitrogens with zero attached hydrogens (tertiary/aromatic N) is 3. The molecule has 0 fully saturated rings. The van der Waals surface area contributed by atoms with Gasteiger partial charge in [0.2, 0.25) is 5.82 Å². The van der Waals surface area contributed by atoms with Crippen molar-refractivity contribution in [1.82, 2.24) is 9.97 Å². The van der Waals surface area contributed by atoms with Crippen molar-refractivity contribution in [3.05, 3.63) is 28.6 Å². The minimum Gasteiger partial charge on any atom is -0.472 e. The van der Waals surface area contributed by atoms with Crippen LogP contribution in [0.25, 0.3) is 0 Å². The van der Waals surface area contributed by atoms with Crippen LogP contribution in [-0.4, -0.2) is 28.0 Å². The summed E-state index contributed by atoms with van der Waals surface area (Å²) in [5.41, 5.74) is -0.227. The summed E-state index contributed by atoms with van der Waals surface area (Å²) < 4.78 is 5.54. The number of nitro groups is 1. The maximum atomic E-state index is 11.4. The molecule has 0 amide bonds. The quantitative estimate of drug-likeness (QED) is 0.428. The lowest BCUT2D eigenvalue weighted by molar-refractivity contribution is -0.385. The molecule has 0 bridgehead atoms. The van der Waals surface area contributed by atoms with Gasteiger partial charge >= 0.3 is 5.69 Å². The fourth-order valence-corrected chi connectivity index (χ4v) is 1.74. The van der Waals surface area contributed by atoms with Crippen molar-refractivity contribution >= 4 is 11.5 Å². The predicted molar refractivity (Wildman–Crippen MR) is 86.2 cm³/mol. The molecule has 0 aliphatic heterocycles. The van der Waals surface area contributed by atoms with Crippen molar-refractivity contribution in [1.29, 1.82) is 0 Å². The van der Waals surface area contributed by atoms with Crippen LogP contribution in [0, 0.1) is 22.0 Å². The summed E-state index contributed by atoms with van der Waals surface area (Å²) in [4.78, 5) is 19.4. The normalized spacial score (nSPS) is 10.8. The van der Waals surface area contributed by atoms with E-state index in [2.05, 4.69) is 21.9 Å². The van der Waals surface area contributed by atoms with Crippen LogP contribution in [0.5, 0.6) is 5.88 Å². The molecule has 0 saturated heterocycles. The standard InChI is InChI=1S/C15H24N4O3/c1-6-7-16-14-13(19(20)21)15(22-9-11(4)5)18-12(17-14)8-10(2)3/h6,10-11H,1,7-9H2,2-5H3,(H,16,17,18). The van der Waals surface area contributed by atoms with Crippen LogP contribution in [0.4, 0.5) is 11.5 Å². The van der Waals surface area contributed by atoms with E-state index in [1.807, 2.05) is 27.7 Å². The topological polar surface area (TPSA) is 90.2 Å². The van der Waals surface area contributed by atoms with Crippen LogP contribution in [-0.2, 0) is 6.42 Å². The summed E-state index contributed by atoms with van der Waals surface area (Å²) in [6, 6.07) is 0. The molecule has 1 rings (SSSR count). The van der Waals surface area contributed by atoms with Gasteiger partial charge in [0.25, 0.3) is 5.88 Å². The molecule has 22 heavy (non-hydrogen) atoms. The highest BCUT2D eigenvalue weighted by molar-refractivity contribution is 5.62. The summed E-state index contributed by atoms with van der Waals surface area (Å²) in [6.07, 6.45) is 2.24. The molecule has 0 spiro atoms. The Morgan fingerprint density at radius 3 is 2.50 bits per heavy atom. The molecule has 7 heteroatoms. The number of hydrogen-bond acceptors (Lipinski definition) is 6. The molecule has 0 aliphatic rings. The van der Waals surface area contributed by atoms with Crippen LogP contribution in [0.1, 0.15) is 33.5 Å². The van der Waals surface area contributed by atoms with Crippen LogP contribution in [0.3, 0.4) is 0 Å². The number of aromatic nitrogens is 2. The Labute approximate surface area is 131 Å². The van der Waals surface area contributed by atoms with Crippen molar-refractivity contribution in [3.8, 4) is 5.88 Å². The van der Waals surface area contributed by atoms with E-state index in [0.717, 1.165) is 0 Å². The summed E-state index contributed by atoms with van der Waals surface area (Å²) in [7, 11) is 0. The molecule has 0 unspecified atom stereocenters. The number of nitrogens with one attached hydrogen (secondary N) is 1. The lowest BCUT2D eigenvalue weighted by atomic mass is 10.1. The van der Waals surface area contributed by atoms with Crippen molar-refractivity contribution in [2.75, 3.05) is 18.5 Å². The average Bonchev–Trinajstić information content (AvgIpc) is 2.41. The van der Waals surface area contributed by atoms with Gasteiger partial charge in [-0.25, -0.2) is 4.98 Å². The molecular weight excluding hydrogens is 284 g/mol. The second-order valence-electron chi connectivity index (χ2n) is 5.87. The monoisotopic (exact) mass is 308 g/mol. The molecule has 1 aromatic heterocycles. The zero-order valence-corrected chi connectivity index (χ0v) is 13.6. The van der Waals surface area contributed by atoms with E-state index in [-0.39, 0.29) is 23.3 Å². The van der Waals surface area contributed by atoms with Gasteiger partial charge in [0.15, 0.2) is 0 Å². The van der Waals surface area contributed by atoms with Crippen molar-refractivity contribution in [3.63, 3.8) is 0 Å². The minimum atomic E-state index is -0.514. The number of anilines is 1. The molecule has 0 aromatic carbocycles. The highest BCUT2D eigenvalue weighted by Gasteiger charge is 2.26. The Morgan fingerprint density at radius 2 is 2.00 bits per heavy atom. The van der Waals surface area contributed by atoms with E-state index < -0.39 is 4.92 Å². The maximum Gasteiger partial charge on any atom is 0.372 e. The third kappa shape index (κ3) is 5.31. The predicted octanol–water partition coefficient (Wildman–Crippen LogP) is 3.22. The molecule has 0 atom stereocenters. The highest BCUT2D eigenvalue weighted by atomic mass is 16.6. The van der Waals surface area contributed by atoms with Crippen LogP contribution >= 0.6 is 0 Å². The molecule has 1 heterocycles. The summed E-state index contributed by atoms with van der Waals surface area (Å²) in [5, 5.41) is 14.3. The van der Waals surface area contributed by atoms with Gasteiger partial charge in [0.1, 0.15) is 5.82 Å². The summed E-state index contributed by atoms with van der Waals surface area (Å²) in [5.74, 6) is 1.32. The van der Waals surface area contributed by atoms with E-state index in [4.69, 9.17) is 4.74 Å². The summed E-state index contributed by atoms with van der Waals surface area (Å²) >= 11 is 0. The maximum absolute atomic E-state index is 11.4. The third-order valence-electron chi connectivity index (χ3n) is 2.64. The van der Waals surface area contributed by atoms with Crippen LogP contribution in [0.15, 0.2) is 12.7 Å². The lowest BCUT2D eigenvalue weighted by Gasteiger charge is -2.13. The minimum absolute atomic E-state index is 0.0240. The van der Waals surface area contributed by atoms with Crippen LogP contribution in [0.2, 0.25) is 0 Å². The van der Waals surface area contributed by atoms with Gasteiger partial charge in [-0.05, 0) is 11.8 Å². The van der Waals surface area contributed by atoms with Gasteiger partial charge in [0, 0.05) is 13.0 Å². The molecule has 7 nitrogen and oxygen atoms in total.